The molecular formula is C59H105N11O12. The van der Waals surface area contributed by atoms with Crippen molar-refractivity contribution >= 4 is 65.0 Å². The van der Waals surface area contributed by atoms with E-state index >= 15 is 9.59 Å². The molecule has 23 heteroatoms. The Balaban J connectivity index is 2.89. The lowest BCUT2D eigenvalue weighted by atomic mass is 9.93. The molecular weight excluding hydrogens is 1050 g/mol. The molecule has 0 aromatic rings. The molecule has 4 N–H and O–H groups in total. The Hall–Kier alpha value is -5.87. The Morgan fingerprint density at radius 2 is 0.817 bits per heavy atom. The summed E-state index contributed by atoms with van der Waals surface area (Å²) in [5, 5.41) is 11.0. The second-order valence-corrected chi connectivity index (χ2v) is 25.7. The maximum Gasteiger partial charge on any atom is 0.246 e. The molecule has 2 aliphatic heterocycles. The number of carbonyl (C=O) groups excluding carboxylic acids is 11. The lowest BCUT2D eigenvalue weighted by Crippen LogP contribution is -2.63. The molecule has 2 saturated heterocycles. The SMILES string of the molecule is CC(C)C[C@@H]1C(=O)N(C)[C@H](CC(C)C)C(=O)N(C)[C@H](C(C)C)C(=O)N(C)[C@@H]([C@@H]2OCC[C@H]2C)C(=O)N[C@@H](C)C(=O)N(C)CC(=O)N(C)[C@@H](CC(C)C)C(=O)N[C@H](C(C)C)C(=O)N(C)[C@H](CC(C)C)C(=O)N[C@H](C)C(=O)N[C@@H](C)C(=O)N1C. The summed E-state index contributed by atoms with van der Waals surface area (Å²) < 4.78 is 6.12. The van der Waals surface area contributed by atoms with E-state index in [4.69, 9.17) is 4.74 Å². The average molecular weight is 1160 g/mol. The van der Waals surface area contributed by atoms with Crippen LogP contribution in [0.5, 0.6) is 0 Å². The Morgan fingerprint density at radius 3 is 1.27 bits per heavy atom. The third-order valence-corrected chi connectivity index (χ3v) is 15.9. The van der Waals surface area contributed by atoms with Gasteiger partial charge in [0.15, 0.2) is 0 Å². The summed E-state index contributed by atoms with van der Waals surface area (Å²) in [6, 6.07) is -11.7. The van der Waals surface area contributed by atoms with E-state index in [1.54, 1.807) is 27.7 Å². The molecule has 2 heterocycles. The lowest BCUT2D eigenvalue weighted by molar-refractivity contribution is -0.157. The van der Waals surface area contributed by atoms with Crippen molar-refractivity contribution in [2.24, 2.45) is 41.4 Å². The fraction of sp³-hybridized carbons (Fsp3) is 0.814. The lowest BCUT2D eigenvalue weighted by Gasteiger charge is -2.41. The van der Waals surface area contributed by atoms with Crippen molar-refractivity contribution < 1.29 is 57.5 Å². The van der Waals surface area contributed by atoms with E-state index in [1.807, 2.05) is 62.3 Å². The number of likely N-dealkylation sites (N-methyl/N-ethyl adjacent to an activating group) is 7. The summed E-state index contributed by atoms with van der Waals surface area (Å²) >= 11 is 0. The third kappa shape index (κ3) is 19.1. The number of nitrogens with zero attached hydrogens (tertiary/aromatic N) is 7. The molecule has 82 heavy (non-hydrogen) atoms. The van der Waals surface area contributed by atoms with Crippen molar-refractivity contribution in [1.82, 2.24) is 55.6 Å². The van der Waals surface area contributed by atoms with Gasteiger partial charge < -0.3 is 60.3 Å². The van der Waals surface area contributed by atoms with E-state index in [2.05, 4.69) is 21.3 Å². The van der Waals surface area contributed by atoms with Crippen LogP contribution in [-0.4, -0.2) is 228 Å². The summed E-state index contributed by atoms with van der Waals surface area (Å²) in [4.78, 5) is 168. The predicted molar refractivity (Wildman–Crippen MR) is 313 cm³/mol. The van der Waals surface area contributed by atoms with Crippen LogP contribution in [0.15, 0.2) is 0 Å². The molecule has 12 atom stereocenters. The zero-order valence-electron chi connectivity index (χ0n) is 53.9. The second-order valence-electron chi connectivity index (χ2n) is 25.7. The smallest absolute Gasteiger partial charge is 0.246 e. The number of hydrogen-bond acceptors (Lipinski definition) is 12. The minimum Gasteiger partial charge on any atom is -0.375 e. The van der Waals surface area contributed by atoms with Crippen LogP contribution in [0.1, 0.15) is 143 Å². The highest BCUT2D eigenvalue weighted by molar-refractivity contribution is 5.99. The molecule has 0 spiro atoms. The zero-order valence-corrected chi connectivity index (χ0v) is 53.9. The van der Waals surface area contributed by atoms with Gasteiger partial charge in [-0.3, -0.25) is 52.7 Å². The molecule has 0 radical (unpaired) electrons. The third-order valence-electron chi connectivity index (χ3n) is 15.9. The first kappa shape index (κ1) is 72.2. The van der Waals surface area contributed by atoms with Crippen molar-refractivity contribution in [3.63, 3.8) is 0 Å². The molecule has 0 aromatic carbocycles. The van der Waals surface area contributed by atoms with Gasteiger partial charge in [0, 0.05) is 55.9 Å². The van der Waals surface area contributed by atoms with Gasteiger partial charge in [0.05, 0.1) is 12.6 Å². The minimum absolute atomic E-state index is 0.117. The molecule has 0 bridgehead atoms. The van der Waals surface area contributed by atoms with Crippen molar-refractivity contribution in [1.29, 1.82) is 0 Å². The molecule has 0 saturated carbocycles. The first-order valence-corrected chi connectivity index (χ1v) is 29.5. The topological polar surface area (TPSA) is 268 Å². The van der Waals surface area contributed by atoms with Crippen LogP contribution < -0.4 is 21.3 Å². The summed E-state index contributed by atoms with van der Waals surface area (Å²) in [5.74, 6) is -8.67. The predicted octanol–water partition coefficient (Wildman–Crippen LogP) is 2.34. The van der Waals surface area contributed by atoms with E-state index in [0.717, 1.165) is 4.90 Å². The van der Waals surface area contributed by atoms with E-state index < -0.39 is 150 Å². The van der Waals surface area contributed by atoms with E-state index in [9.17, 15) is 43.2 Å². The summed E-state index contributed by atoms with van der Waals surface area (Å²) in [5.41, 5.74) is 0. The summed E-state index contributed by atoms with van der Waals surface area (Å²) in [6.07, 6.45) is 0.474. The van der Waals surface area contributed by atoms with E-state index in [-0.39, 0.29) is 55.3 Å². The molecule has 0 unspecified atom stereocenters. The molecule has 11 amide bonds. The highest BCUT2D eigenvalue weighted by Gasteiger charge is 2.47. The van der Waals surface area contributed by atoms with Gasteiger partial charge in [-0.1, -0.05) is 90.0 Å². The van der Waals surface area contributed by atoms with Crippen LogP contribution >= 0.6 is 0 Å². The number of amides is 11. The van der Waals surface area contributed by atoms with Gasteiger partial charge in [0.2, 0.25) is 65.0 Å². The molecule has 2 fully saturated rings. The molecule has 2 rings (SSSR count). The second kappa shape index (κ2) is 31.7. The van der Waals surface area contributed by atoms with Crippen LogP contribution in [0.3, 0.4) is 0 Å². The summed E-state index contributed by atoms with van der Waals surface area (Å²) in [6.45, 7) is 28.1. The van der Waals surface area contributed by atoms with Gasteiger partial charge >= 0.3 is 0 Å². The quantitative estimate of drug-likeness (QED) is 0.232. The monoisotopic (exact) mass is 1160 g/mol. The first-order chi connectivity index (χ1) is 37.8. The summed E-state index contributed by atoms with van der Waals surface area (Å²) in [7, 11) is 10.1. The highest BCUT2D eigenvalue weighted by atomic mass is 16.5. The van der Waals surface area contributed by atoms with Gasteiger partial charge in [0.1, 0.15) is 60.4 Å². The van der Waals surface area contributed by atoms with Gasteiger partial charge in [-0.15, -0.1) is 0 Å². The Kier molecular flexibility index (Phi) is 27.9. The minimum atomic E-state index is -1.29. The van der Waals surface area contributed by atoms with Crippen molar-refractivity contribution in [2.45, 2.75) is 209 Å². The van der Waals surface area contributed by atoms with Crippen LogP contribution in [0.2, 0.25) is 0 Å². The van der Waals surface area contributed by atoms with Crippen molar-refractivity contribution in [3.05, 3.63) is 0 Å². The number of nitrogens with one attached hydrogen (secondary N) is 4. The maximum absolute atomic E-state index is 15.1. The largest absolute Gasteiger partial charge is 0.375 e. The van der Waals surface area contributed by atoms with Gasteiger partial charge in [-0.05, 0) is 94.3 Å². The highest BCUT2D eigenvalue weighted by Crippen LogP contribution is 2.29. The van der Waals surface area contributed by atoms with E-state index in [0.29, 0.717) is 13.0 Å². The Bertz CT molecular complexity index is 2260. The van der Waals surface area contributed by atoms with Crippen LogP contribution in [0, 0.1) is 41.4 Å². The van der Waals surface area contributed by atoms with Crippen LogP contribution in [0.25, 0.3) is 0 Å². The van der Waals surface area contributed by atoms with Crippen molar-refractivity contribution in [2.75, 3.05) is 62.5 Å². The zero-order chi connectivity index (χ0) is 63.3. The number of ether oxygens (including phenoxy) is 1. The van der Waals surface area contributed by atoms with Crippen molar-refractivity contribution in [3.8, 4) is 0 Å². The van der Waals surface area contributed by atoms with Crippen LogP contribution in [-0.2, 0) is 57.5 Å². The van der Waals surface area contributed by atoms with E-state index in [1.165, 1.54) is 99.5 Å². The Labute approximate surface area is 489 Å². The fourth-order valence-corrected chi connectivity index (χ4v) is 10.8. The van der Waals surface area contributed by atoms with Gasteiger partial charge in [-0.2, -0.15) is 0 Å². The molecule has 0 aromatic heterocycles. The maximum atomic E-state index is 15.1. The number of carbonyl (C=O) groups is 11. The first-order valence-electron chi connectivity index (χ1n) is 29.5. The molecule has 23 nitrogen and oxygen atoms in total. The van der Waals surface area contributed by atoms with Gasteiger partial charge in [-0.25, -0.2) is 0 Å². The normalized spacial score (nSPS) is 29.3. The average Bonchev–Trinajstić information content (AvgIpc) is 3.98. The Morgan fingerprint density at radius 1 is 0.415 bits per heavy atom. The molecule has 2 aliphatic rings. The number of rotatable bonds is 11. The fourth-order valence-electron chi connectivity index (χ4n) is 10.8. The standard InChI is InChI=1S/C59H105N11O12/c1-31(2)26-41-52(74)63-46(35(9)10)58(80)66(19)42(27-32(3)4)51(73)60-38(14)50(72)61-40(16)55(77)67(20)43(28-33(5)6)56(78)68(21)44(29-34(7)8)57(79)69(22)47(36(11)12)59(81)70(23)48(49-37(13)24-25-82-49)53(75)62-39(15)54(76)64(17)30-45(71)65(41)18/h31-44,46-49H,24-30H2,1-23H3,(H,60,73)(H,61,72)(H,62,75)(H,63,74)/t37-,38-,39+,40+,41+,42-,43-,44-,46-,47-,48+,49-/m1/s1. The molecule has 468 valence electrons. The molecule has 0 aliphatic carbocycles. The van der Waals surface area contributed by atoms with Gasteiger partial charge in [0.25, 0.3) is 0 Å². The number of hydrogen-bond donors (Lipinski definition) is 4. The van der Waals surface area contributed by atoms with Crippen LogP contribution in [0.4, 0.5) is 0 Å².